The van der Waals surface area contributed by atoms with Gasteiger partial charge in [-0.1, -0.05) is 446 Å². The molecule has 620 valence electrons. The number of quaternary nitrogens is 1. The van der Waals surface area contributed by atoms with Gasteiger partial charge < -0.3 is 27.9 Å². The Balaban J connectivity index is 3.84. The molecule has 0 aliphatic carbocycles. The van der Waals surface area contributed by atoms with E-state index in [1.165, 1.54) is 360 Å². The van der Waals surface area contributed by atoms with Crippen LogP contribution in [0.15, 0.2) is 85.1 Å². The first-order valence-electron chi connectivity index (χ1n) is 46.3. The first-order chi connectivity index (χ1) is 52.0. The molecule has 0 rings (SSSR count). The Morgan fingerprint density at radius 1 is 0.302 bits per heavy atom. The van der Waals surface area contributed by atoms with E-state index in [-0.39, 0.29) is 32.0 Å². The lowest BCUT2D eigenvalue weighted by molar-refractivity contribution is -0.870. The predicted molar refractivity (Wildman–Crippen MR) is 462 cm³/mol. The molecule has 9 nitrogen and oxygen atoms in total. The van der Waals surface area contributed by atoms with E-state index >= 15 is 0 Å². The molecule has 0 aromatic rings. The van der Waals surface area contributed by atoms with Gasteiger partial charge in [-0.15, -0.1) is 0 Å². The van der Waals surface area contributed by atoms with E-state index in [0.717, 1.165) is 70.6 Å². The Morgan fingerprint density at radius 3 is 0.811 bits per heavy atom. The van der Waals surface area contributed by atoms with Gasteiger partial charge in [0.2, 0.25) is 0 Å². The zero-order valence-corrected chi connectivity index (χ0v) is 72.0. The standard InChI is InChI=1S/C96H178NO8P/c1-6-8-10-12-14-16-18-20-22-24-26-28-30-32-34-36-38-40-42-44-46-48-50-52-54-56-58-60-62-64-66-68-70-72-74-76-78-80-82-84-86-88-95(98)102-92-94(93-104-106(100,101)103-91-90-97(3,4)5)105-96(99)89-87-85-83-81-79-77-75-73-71-69-67-65-63-61-59-57-55-53-51-49-47-45-43-41-39-37-35-33-31-29-27-25-23-21-19-17-15-13-11-9-7-2/h9,11,15,17,21,23-24,26-27,29,33,35,39,41,94H,6-8,10,12-14,16,18-20,22,25,28,30-32,34,36-38,40,42-93H2,1-5H3/b11-9-,17-15-,23-21-,26-24-,29-27-,35-33-,41-39-. The summed E-state index contributed by atoms with van der Waals surface area (Å²) in [6.45, 7) is 4.20. The molecule has 2 unspecified atom stereocenters. The molecule has 0 aromatic carbocycles. The Kier molecular flexibility index (Phi) is 83.9. The Morgan fingerprint density at radius 2 is 0.538 bits per heavy atom. The molecule has 106 heavy (non-hydrogen) atoms. The van der Waals surface area contributed by atoms with Crippen LogP contribution in [0.1, 0.15) is 463 Å². The number of hydrogen-bond acceptors (Lipinski definition) is 8. The lowest BCUT2D eigenvalue weighted by Gasteiger charge is -2.28. The van der Waals surface area contributed by atoms with Gasteiger partial charge in [0.05, 0.1) is 27.7 Å². The molecular formula is C96H178NO8P. The van der Waals surface area contributed by atoms with Crippen molar-refractivity contribution in [2.75, 3.05) is 47.5 Å². The van der Waals surface area contributed by atoms with Crippen LogP contribution in [0.3, 0.4) is 0 Å². The second-order valence-electron chi connectivity index (χ2n) is 32.6. The molecule has 0 aliphatic rings. The highest BCUT2D eigenvalue weighted by Crippen LogP contribution is 2.38. The van der Waals surface area contributed by atoms with Crippen LogP contribution in [-0.2, 0) is 32.7 Å². The third-order valence-corrected chi connectivity index (χ3v) is 21.9. The minimum atomic E-state index is -4.65. The van der Waals surface area contributed by atoms with Crippen molar-refractivity contribution in [3.63, 3.8) is 0 Å². The van der Waals surface area contributed by atoms with Crippen molar-refractivity contribution in [3.05, 3.63) is 85.1 Å². The highest BCUT2D eigenvalue weighted by molar-refractivity contribution is 7.45. The molecule has 0 saturated carbocycles. The van der Waals surface area contributed by atoms with E-state index in [2.05, 4.69) is 98.9 Å². The van der Waals surface area contributed by atoms with Gasteiger partial charge in [0.15, 0.2) is 6.10 Å². The highest BCUT2D eigenvalue weighted by atomic mass is 31.2. The monoisotopic (exact) mass is 1500 g/mol. The number of esters is 2. The number of carbonyl (C=O) groups excluding carboxylic acids is 2. The van der Waals surface area contributed by atoms with Crippen LogP contribution in [0.25, 0.3) is 0 Å². The average Bonchev–Trinajstić information content (AvgIpc) is 0.908. The summed E-state index contributed by atoms with van der Waals surface area (Å²) in [6.07, 6.45) is 121. The third kappa shape index (κ3) is 90.1. The minimum Gasteiger partial charge on any atom is -0.756 e. The van der Waals surface area contributed by atoms with Crippen molar-refractivity contribution in [1.82, 2.24) is 0 Å². The molecule has 0 spiro atoms. The smallest absolute Gasteiger partial charge is 0.306 e. The number of rotatable bonds is 87. The maximum absolute atomic E-state index is 12.9. The molecule has 0 saturated heterocycles. The summed E-state index contributed by atoms with van der Waals surface area (Å²) in [6, 6.07) is 0. The average molecular weight is 1510 g/mol. The van der Waals surface area contributed by atoms with Crippen LogP contribution >= 0.6 is 7.82 Å². The van der Waals surface area contributed by atoms with Crippen LogP contribution in [0, 0.1) is 0 Å². The fourth-order valence-corrected chi connectivity index (χ4v) is 14.6. The Bertz CT molecular complexity index is 2070. The highest BCUT2D eigenvalue weighted by Gasteiger charge is 2.22. The summed E-state index contributed by atoms with van der Waals surface area (Å²) in [4.78, 5) is 38.3. The van der Waals surface area contributed by atoms with Crippen LogP contribution in [0.2, 0.25) is 0 Å². The predicted octanol–water partition coefficient (Wildman–Crippen LogP) is 30.9. The van der Waals surface area contributed by atoms with Crippen molar-refractivity contribution in [2.24, 2.45) is 0 Å². The second kappa shape index (κ2) is 86.2. The first-order valence-corrected chi connectivity index (χ1v) is 47.8. The fourth-order valence-electron chi connectivity index (χ4n) is 13.9. The summed E-state index contributed by atoms with van der Waals surface area (Å²) < 4.78 is 34.5. The van der Waals surface area contributed by atoms with Crippen LogP contribution < -0.4 is 4.89 Å². The quantitative estimate of drug-likeness (QED) is 0.0195. The first kappa shape index (κ1) is 103. The Labute approximate surface area is 660 Å². The largest absolute Gasteiger partial charge is 0.756 e. The molecule has 0 aromatic heterocycles. The van der Waals surface area contributed by atoms with E-state index < -0.39 is 26.5 Å². The van der Waals surface area contributed by atoms with Gasteiger partial charge in [-0.3, -0.25) is 14.2 Å². The number of unbranched alkanes of at least 4 members (excludes halogenated alkanes) is 59. The number of allylic oxidation sites excluding steroid dienone is 14. The van der Waals surface area contributed by atoms with E-state index in [1.54, 1.807) is 0 Å². The van der Waals surface area contributed by atoms with Crippen LogP contribution in [0.5, 0.6) is 0 Å². The van der Waals surface area contributed by atoms with Crippen molar-refractivity contribution in [1.29, 1.82) is 0 Å². The summed E-state index contributed by atoms with van der Waals surface area (Å²) in [5, 5.41) is 0. The molecule has 0 heterocycles. The lowest BCUT2D eigenvalue weighted by Crippen LogP contribution is -2.37. The molecule has 0 aliphatic heterocycles. The van der Waals surface area contributed by atoms with Crippen LogP contribution in [0.4, 0.5) is 0 Å². The summed E-state index contributed by atoms with van der Waals surface area (Å²) in [5.74, 6) is -0.808. The summed E-state index contributed by atoms with van der Waals surface area (Å²) >= 11 is 0. The van der Waals surface area contributed by atoms with Gasteiger partial charge in [-0.2, -0.15) is 0 Å². The maximum atomic E-state index is 12.9. The van der Waals surface area contributed by atoms with Gasteiger partial charge >= 0.3 is 11.9 Å². The fraction of sp³-hybridized carbons (Fsp3) is 0.833. The molecule has 0 bridgehead atoms. The second-order valence-corrected chi connectivity index (χ2v) is 34.1. The number of carbonyl (C=O) groups is 2. The minimum absolute atomic E-state index is 0.0288. The van der Waals surface area contributed by atoms with Gasteiger partial charge in [-0.25, -0.2) is 0 Å². The lowest BCUT2D eigenvalue weighted by atomic mass is 10.0. The van der Waals surface area contributed by atoms with Crippen molar-refractivity contribution in [3.8, 4) is 0 Å². The number of phosphoric ester groups is 1. The van der Waals surface area contributed by atoms with Gasteiger partial charge in [-0.05, 0) is 89.9 Å². The third-order valence-electron chi connectivity index (χ3n) is 20.9. The molecule has 0 amide bonds. The van der Waals surface area contributed by atoms with Gasteiger partial charge in [0, 0.05) is 12.8 Å². The number of hydrogen-bond donors (Lipinski definition) is 0. The maximum Gasteiger partial charge on any atom is 0.306 e. The van der Waals surface area contributed by atoms with E-state index in [4.69, 9.17) is 18.5 Å². The number of phosphoric acid groups is 1. The number of ether oxygens (including phenoxy) is 2. The van der Waals surface area contributed by atoms with E-state index in [9.17, 15) is 19.0 Å². The van der Waals surface area contributed by atoms with E-state index in [0.29, 0.717) is 17.4 Å². The van der Waals surface area contributed by atoms with Crippen LogP contribution in [-0.4, -0.2) is 70.0 Å². The zero-order valence-electron chi connectivity index (χ0n) is 71.1. The van der Waals surface area contributed by atoms with Gasteiger partial charge in [0.1, 0.15) is 19.8 Å². The number of nitrogens with zero attached hydrogens (tertiary/aromatic N) is 1. The summed E-state index contributed by atoms with van der Waals surface area (Å²) in [7, 11) is 1.19. The zero-order chi connectivity index (χ0) is 76.8. The molecule has 10 heteroatoms. The van der Waals surface area contributed by atoms with Gasteiger partial charge in [0.25, 0.3) is 7.82 Å². The molecular weight excluding hydrogens is 1330 g/mol. The van der Waals surface area contributed by atoms with Crippen molar-refractivity contribution < 1.29 is 42.1 Å². The van der Waals surface area contributed by atoms with Crippen molar-refractivity contribution >= 4 is 19.8 Å². The summed E-state index contributed by atoms with van der Waals surface area (Å²) in [5.41, 5.74) is 0. The molecule has 0 radical (unpaired) electrons. The number of likely N-dealkylation sites (N-methyl/N-ethyl adjacent to an activating group) is 1. The SMILES string of the molecule is CC/C=C\C/C=C\C/C=C\C/C=C\C/C=C\C/C=C\CCCCCCCCCCCCCCCCCCCCCCCCC(=O)OC(COC(=O)CCCCCCCCCCCCCCCCCCCCCCCCCCCCCCC/C=C\CCCCCCCCCC)COP(=O)([O-])OCC[N+](C)(C)C. The topological polar surface area (TPSA) is 111 Å². The molecule has 0 fully saturated rings. The molecule has 2 atom stereocenters. The normalized spacial score (nSPS) is 13.3. The Hall–Kier alpha value is -2.81. The van der Waals surface area contributed by atoms with E-state index in [1.807, 2.05) is 21.1 Å². The molecule has 0 N–H and O–H groups in total. The van der Waals surface area contributed by atoms with Crippen molar-refractivity contribution in [2.45, 2.75) is 469 Å².